The van der Waals surface area contributed by atoms with E-state index in [1.54, 1.807) is 23.9 Å². The Hall–Kier alpha value is -3.03. The van der Waals surface area contributed by atoms with Crippen LogP contribution >= 0.6 is 11.6 Å². The van der Waals surface area contributed by atoms with Crippen molar-refractivity contribution in [3.8, 4) is 16.9 Å². The maximum atomic E-state index is 12.2. The summed E-state index contributed by atoms with van der Waals surface area (Å²) in [5.41, 5.74) is 8.87. The van der Waals surface area contributed by atoms with Crippen molar-refractivity contribution in [3.05, 3.63) is 59.6 Å². The van der Waals surface area contributed by atoms with Crippen molar-refractivity contribution < 1.29 is 9.53 Å². The van der Waals surface area contributed by atoms with Gasteiger partial charge in [0.2, 0.25) is 0 Å². The van der Waals surface area contributed by atoms with Gasteiger partial charge in [0.1, 0.15) is 11.4 Å². The standard InChI is InChI=1S/C19H20ClN5O2/c1-27-12-11-22-19(26)23-17-16(13-7-9-14(20)10-8-13)24-25(18(17)21)15-5-3-2-4-6-15/h2-10H,11-12,21H2,1H3,(H2,22,23,26). The number of hydrogen-bond acceptors (Lipinski definition) is 4. The summed E-state index contributed by atoms with van der Waals surface area (Å²) in [5.74, 6) is 0.327. The number of ether oxygens (including phenoxy) is 1. The van der Waals surface area contributed by atoms with Gasteiger partial charge in [0.25, 0.3) is 0 Å². The number of aromatic nitrogens is 2. The van der Waals surface area contributed by atoms with Crippen LogP contribution < -0.4 is 16.4 Å². The number of methoxy groups -OCH3 is 1. The van der Waals surface area contributed by atoms with E-state index < -0.39 is 0 Å². The number of para-hydroxylation sites is 1. The van der Waals surface area contributed by atoms with Crippen molar-refractivity contribution in [2.45, 2.75) is 0 Å². The zero-order valence-corrected chi connectivity index (χ0v) is 15.5. The Morgan fingerprint density at radius 3 is 2.56 bits per heavy atom. The molecule has 0 aliphatic heterocycles. The molecule has 1 heterocycles. The molecule has 0 saturated carbocycles. The smallest absolute Gasteiger partial charge is 0.319 e. The van der Waals surface area contributed by atoms with Gasteiger partial charge in [-0.3, -0.25) is 0 Å². The molecule has 27 heavy (non-hydrogen) atoms. The van der Waals surface area contributed by atoms with Gasteiger partial charge in [-0.2, -0.15) is 5.10 Å². The summed E-state index contributed by atoms with van der Waals surface area (Å²) in [7, 11) is 1.57. The third-order valence-electron chi connectivity index (χ3n) is 3.87. The first-order chi connectivity index (χ1) is 13.1. The second kappa shape index (κ2) is 8.57. The highest BCUT2D eigenvalue weighted by molar-refractivity contribution is 6.30. The predicted molar refractivity (Wildman–Crippen MR) is 107 cm³/mol. The molecular weight excluding hydrogens is 366 g/mol. The largest absolute Gasteiger partial charge is 0.383 e. The topological polar surface area (TPSA) is 94.2 Å². The first-order valence-corrected chi connectivity index (χ1v) is 8.71. The van der Waals surface area contributed by atoms with Crippen molar-refractivity contribution in [2.75, 3.05) is 31.3 Å². The van der Waals surface area contributed by atoms with E-state index in [-0.39, 0.29) is 6.03 Å². The molecule has 4 N–H and O–H groups in total. The first kappa shape index (κ1) is 18.8. The lowest BCUT2D eigenvalue weighted by Gasteiger charge is -2.09. The molecule has 0 saturated heterocycles. The third kappa shape index (κ3) is 4.39. The van der Waals surface area contributed by atoms with Gasteiger partial charge in [-0.1, -0.05) is 41.9 Å². The monoisotopic (exact) mass is 385 g/mol. The van der Waals surface area contributed by atoms with Crippen LogP contribution in [0.4, 0.5) is 16.3 Å². The van der Waals surface area contributed by atoms with Gasteiger partial charge in [0, 0.05) is 24.2 Å². The summed E-state index contributed by atoms with van der Waals surface area (Å²) < 4.78 is 6.53. The van der Waals surface area contributed by atoms with Crippen LogP contribution in [-0.2, 0) is 4.74 Å². The van der Waals surface area contributed by atoms with Gasteiger partial charge in [-0.25, -0.2) is 9.48 Å². The molecule has 0 spiro atoms. The lowest BCUT2D eigenvalue weighted by atomic mass is 10.1. The molecule has 0 atom stereocenters. The number of hydrogen-bond donors (Lipinski definition) is 3. The molecule has 140 valence electrons. The Kier molecular flexibility index (Phi) is 5.95. The fourth-order valence-electron chi connectivity index (χ4n) is 2.55. The van der Waals surface area contributed by atoms with Crippen molar-refractivity contribution in [2.24, 2.45) is 0 Å². The van der Waals surface area contributed by atoms with Crippen LogP contribution in [-0.4, -0.2) is 36.1 Å². The number of nitrogens with zero attached hydrogens (tertiary/aromatic N) is 2. The molecule has 7 nitrogen and oxygen atoms in total. The van der Waals surface area contributed by atoms with Crippen LogP contribution in [0.25, 0.3) is 16.9 Å². The number of nitrogens with two attached hydrogens (primary N) is 1. The number of anilines is 2. The normalized spacial score (nSPS) is 10.6. The third-order valence-corrected chi connectivity index (χ3v) is 4.12. The summed E-state index contributed by atoms with van der Waals surface area (Å²) in [5, 5.41) is 10.7. The average molecular weight is 386 g/mol. The van der Waals surface area contributed by atoms with Crippen LogP contribution in [0.15, 0.2) is 54.6 Å². The average Bonchev–Trinajstić information content (AvgIpc) is 3.00. The molecule has 1 aromatic heterocycles. The zero-order chi connectivity index (χ0) is 19.2. The van der Waals surface area contributed by atoms with E-state index >= 15 is 0 Å². The number of benzene rings is 2. The second-order valence-corrected chi connectivity index (χ2v) is 6.17. The summed E-state index contributed by atoms with van der Waals surface area (Å²) >= 11 is 5.98. The van der Waals surface area contributed by atoms with Crippen molar-refractivity contribution in [1.82, 2.24) is 15.1 Å². The van der Waals surface area contributed by atoms with Gasteiger partial charge >= 0.3 is 6.03 Å². The van der Waals surface area contributed by atoms with E-state index in [9.17, 15) is 4.79 Å². The van der Waals surface area contributed by atoms with E-state index in [2.05, 4.69) is 15.7 Å². The van der Waals surface area contributed by atoms with Gasteiger partial charge < -0.3 is 21.1 Å². The van der Waals surface area contributed by atoms with Crippen LogP contribution in [0.1, 0.15) is 0 Å². The Labute approximate surface area is 162 Å². The number of nitrogen functional groups attached to an aromatic ring is 1. The number of rotatable bonds is 6. The number of urea groups is 1. The Balaban J connectivity index is 1.99. The maximum Gasteiger partial charge on any atom is 0.319 e. The van der Waals surface area contributed by atoms with E-state index in [0.29, 0.717) is 35.4 Å². The SMILES string of the molecule is COCCNC(=O)Nc1c(-c2ccc(Cl)cc2)nn(-c2ccccc2)c1N. The molecule has 8 heteroatoms. The molecule has 3 rings (SSSR count). The van der Waals surface area contributed by atoms with Gasteiger partial charge in [-0.15, -0.1) is 0 Å². The van der Waals surface area contributed by atoms with Crippen LogP contribution in [0.3, 0.4) is 0 Å². The lowest BCUT2D eigenvalue weighted by molar-refractivity contribution is 0.198. The highest BCUT2D eigenvalue weighted by Crippen LogP contribution is 2.34. The minimum absolute atomic E-state index is 0.327. The number of carbonyl (C=O) groups excluding carboxylic acids is 1. The summed E-state index contributed by atoms with van der Waals surface area (Å²) in [6.45, 7) is 0.793. The lowest BCUT2D eigenvalue weighted by Crippen LogP contribution is -2.31. The molecule has 3 aromatic rings. The minimum atomic E-state index is -0.387. The number of carbonyl (C=O) groups is 1. The first-order valence-electron chi connectivity index (χ1n) is 8.34. The second-order valence-electron chi connectivity index (χ2n) is 5.74. The summed E-state index contributed by atoms with van der Waals surface area (Å²) in [4.78, 5) is 12.2. The minimum Gasteiger partial charge on any atom is -0.383 e. The van der Waals surface area contributed by atoms with Crippen LogP contribution in [0, 0.1) is 0 Å². The van der Waals surface area contributed by atoms with E-state index in [4.69, 9.17) is 22.1 Å². The molecule has 2 aromatic carbocycles. The molecule has 0 bridgehead atoms. The maximum absolute atomic E-state index is 12.2. The molecule has 0 unspecified atom stereocenters. The Morgan fingerprint density at radius 1 is 1.19 bits per heavy atom. The summed E-state index contributed by atoms with van der Waals surface area (Å²) in [6.07, 6.45) is 0. The van der Waals surface area contributed by atoms with Gasteiger partial charge in [0.05, 0.1) is 12.3 Å². The zero-order valence-electron chi connectivity index (χ0n) is 14.8. The molecule has 0 aliphatic carbocycles. The quantitative estimate of drug-likeness (QED) is 0.565. The fraction of sp³-hybridized carbons (Fsp3) is 0.158. The Bertz CT molecular complexity index is 910. The number of nitrogens with one attached hydrogen (secondary N) is 2. The predicted octanol–water partition coefficient (Wildman–Crippen LogP) is 3.54. The molecular formula is C19H20ClN5O2. The number of halogens is 1. The summed E-state index contributed by atoms with van der Waals surface area (Å²) in [6, 6.07) is 16.3. The Morgan fingerprint density at radius 2 is 1.89 bits per heavy atom. The van der Waals surface area contributed by atoms with Crippen LogP contribution in [0.5, 0.6) is 0 Å². The van der Waals surface area contributed by atoms with Crippen molar-refractivity contribution in [3.63, 3.8) is 0 Å². The van der Waals surface area contributed by atoms with E-state index in [1.807, 2.05) is 42.5 Å². The fourth-order valence-corrected chi connectivity index (χ4v) is 2.68. The number of amides is 2. The van der Waals surface area contributed by atoms with E-state index in [0.717, 1.165) is 11.3 Å². The van der Waals surface area contributed by atoms with Crippen molar-refractivity contribution >= 4 is 29.1 Å². The highest BCUT2D eigenvalue weighted by Gasteiger charge is 2.20. The van der Waals surface area contributed by atoms with E-state index in [1.165, 1.54) is 0 Å². The highest BCUT2D eigenvalue weighted by atomic mass is 35.5. The molecule has 0 radical (unpaired) electrons. The molecule has 0 fully saturated rings. The van der Waals surface area contributed by atoms with Crippen molar-refractivity contribution in [1.29, 1.82) is 0 Å². The molecule has 0 aliphatic rings. The van der Waals surface area contributed by atoms with Gasteiger partial charge in [-0.05, 0) is 24.3 Å². The molecule has 2 amide bonds. The van der Waals surface area contributed by atoms with Crippen LogP contribution in [0.2, 0.25) is 5.02 Å². The van der Waals surface area contributed by atoms with Gasteiger partial charge in [0.15, 0.2) is 5.82 Å².